The summed E-state index contributed by atoms with van der Waals surface area (Å²) >= 11 is 6.05. The summed E-state index contributed by atoms with van der Waals surface area (Å²) in [6.45, 7) is 1.28. The van der Waals surface area contributed by atoms with Crippen molar-refractivity contribution in [3.05, 3.63) is 52.5 Å². The molecule has 0 aliphatic carbocycles. The van der Waals surface area contributed by atoms with Crippen LogP contribution in [0.15, 0.2) is 41.3 Å². The van der Waals surface area contributed by atoms with Crippen LogP contribution in [0.1, 0.15) is 11.1 Å². The molecule has 130 valence electrons. The summed E-state index contributed by atoms with van der Waals surface area (Å²) < 4.78 is 32.7. The molecule has 0 heterocycles. The fraction of sp³-hybridized carbons (Fsp3) is 0.125. The zero-order valence-corrected chi connectivity index (χ0v) is 14.7. The predicted octanol–water partition coefficient (Wildman–Crippen LogP) is 2.18. The molecule has 25 heavy (non-hydrogen) atoms. The minimum Gasteiger partial charge on any atom is -0.483 e. The number of amides is 1. The first-order chi connectivity index (χ1) is 11.7. The molecule has 9 heteroatoms. The normalized spacial score (nSPS) is 10.8. The molecule has 0 aromatic heterocycles. The third-order valence-electron chi connectivity index (χ3n) is 3.16. The van der Waals surface area contributed by atoms with Crippen LogP contribution < -0.4 is 15.2 Å². The van der Waals surface area contributed by atoms with Gasteiger partial charge in [-0.05, 0) is 42.8 Å². The average Bonchev–Trinajstić information content (AvgIpc) is 2.54. The maximum atomic E-state index is 12.6. The first-order valence-electron chi connectivity index (χ1n) is 6.97. The van der Waals surface area contributed by atoms with Gasteiger partial charge in [-0.3, -0.25) is 9.52 Å². The molecule has 7 nitrogen and oxygen atoms in total. The van der Waals surface area contributed by atoms with Crippen molar-refractivity contribution in [3.63, 3.8) is 0 Å². The van der Waals surface area contributed by atoms with Gasteiger partial charge < -0.3 is 10.5 Å². The quantitative estimate of drug-likeness (QED) is 0.796. The molecule has 0 radical (unpaired) electrons. The summed E-state index contributed by atoms with van der Waals surface area (Å²) in [6, 6.07) is 10.5. The van der Waals surface area contributed by atoms with Crippen LogP contribution in [0, 0.1) is 18.3 Å². The minimum atomic E-state index is -4.00. The number of nitrogens with zero attached hydrogens (tertiary/aromatic N) is 1. The lowest BCUT2D eigenvalue weighted by atomic mass is 10.2. The molecule has 1 amide bonds. The number of nitriles is 1. The maximum absolute atomic E-state index is 12.6. The Labute approximate surface area is 150 Å². The van der Waals surface area contributed by atoms with Gasteiger partial charge in [0.1, 0.15) is 10.6 Å². The number of hydrogen-bond donors (Lipinski definition) is 2. The number of rotatable bonds is 6. The Morgan fingerprint density at radius 3 is 2.52 bits per heavy atom. The van der Waals surface area contributed by atoms with Crippen molar-refractivity contribution in [2.75, 3.05) is 11.3 Å². The number of benzene rings is 2. The summed E-state index contributed by atoms with van der Waals surface area (Å²) in [4.78, 5) is 10.6. The molecule has 2 aromatic rings. The lowest BCUT2D eigenvalue weighted by molar-refractivity contribution is -0.119. The van der Waals surface area contributed by atoms with Crippen molar-refractivity contribution >= 4 is 33.2 Å². The van der Waals surface area contributed by atoms with Gasteiger partial charge in [0.15, 0.2) is 6.61 Å². The number of sulfonamides is 1. The van der Waals surface area contributed by atoms with E-state index >= 15 is 0 Å². The van der Waals surface area contributed by atoms with Gasteiger partial charge in [-0.25, -0.2) is 8.42 Å². The largest absolute Gasteiger partial charge is 0.483 e. The Morgan fingerprint density at radius 2 is 1.96 bits per heavy atom. The molecule has 2 rings (SSSR count). The highest BCUT2D eigenvalue weighted by atomic mass is 35.5. The van der Waals surface area contributed by atoms with Gasteiger partial charge in [0.05, 0.1) is 16.7 Å². The summed E-state index contributed by atoms with van der Waals surface area (Å²) in [5, 5.41) is 8.77. The topological polar surface area (TPSA) is 122 Å². The molecule has 0 fully saturated rings. The number of nitrogens with two attached hydrogens (primary N) is 1. The van der Waals surface area contributed by atoms with E-state index in [2.05, 4.69) is 4.72 Å². The van der Waals surface area contributed by atoms with Crippen LogP contribution in [0.5, 0.6) is 5.75 Å². The molecule has 0 bridgehead atoms. The third kappa shape index (κ3) is 4.62. The minimum absolute atomic E-state index is 0.00469. The highest BCUT2D eigenvalue weighted by Crippen LogP contribution is 2.31. The van der Waals surface area contributed by atoms with Crippen molar-refractivity contribution in [3.8, 4) is 11.8 Å². The Hall–Kier alpha value is -2.76. The number of anilines is 1. The second-order valence-corrected chi connectivity index (χ2v) is 7.16. The Kier molecular flexibility index (Phi) is 5.51. The van der Waals surface area contributed by atoms with Crippen LogP contribution in [0.4, 0.5) is 5.69 Å². The molecule has 0 unspecified atom stereocenters. The monoisotopic (exact) mass is 379 g/mol. The lowest BCUT2D eigenvalue weighted by Gasteiger charge is -2.13. The number of aryl methyl sites for hydroxylation is 1. The standard InChI is InChI=1S/C16H14ClN3O4S/c1-10-6-13(17)15(7-14(10)24-9-16(19)21)25(22,23)20-12-4-2-11(8-18)3-5-12/h2-7,20H,9H2,1H3,(H2,19,21). The van der Waals surface area contributed by atoms with E-state index in [9.17, 15) is 13.2 Å². The van der Waals surface area contributed by atoms with E-state index in [0.717, 1.165) is 0 Å². The van der Waals surface area contributed by atoms with Gasteiger partial charge in [-0.2, -0.15) is 5.26 Å². The van der Waals surface area contributed by atoms with Gasteiger partial charge in [-0.15, -0.1) is 0 Å². The number of nitrogens with one attached hydrogen (secondary N) is 1. The van der Waals surface area contributed by atoms with E-state index in [1.54, 1.807) is 6.92 Å². The molecule has 0 aliphatic heterocycles. The summed E-state index contributed by atoms with van der Waals surface area (Å²) in [7, 11) is -4.00. The number of hydrogen-bond acceptors (Lipinski definition) is 5. The molecule has 0 saturated heterocycles. The van der Waals surface area contributed by atoms with Crippen molar-refractivity contribution in [1.29, 1.82) is 5.26 Å². The SMILES string of the molecule is Cc1cc(Cl)c(S(=O)(=O)Nc2ccc(C#N)cc2)cc1OCC(N)=O. The molecule has 0 saturated carbocycles. The van der Waals surface area contributed by atoms with Crippen molar-refractivity contribution in [2.24, 2.45) is 5.73 Å². The highest BCUT2D eigenvalue weighted by molar-refractivity contribution is 7.92. The third-order valence-corrected chi connectivity index (χ3v) is 5.00. The summed E-state index contributed by atoms with van der Waals surface area (Å²) in [6.07, 6.45) is 0. The molecular weight excluding hydrogens is 366 g/mol. The van der Waals surface area contributed by atoms with Crippen molar-refractivity contribution < 1.29 is 17.9 Å². The van der Waals surface area contributed by atoms with Gasteiger partial charge in [0, 0.05) is 11.8 Å². The van der Waals surface area contributed by atoms with Crippen LogP contribution >= 0.6 is 11.6 Å². The zero-order valence-electron chi connectivity index (χ0n) is 13.1. The first kappa shape index (κ1) is 18.6. The van der Waals surface area contributed by atoms with Gasteiger partial charge in [-0.1, -0.05) is 11.6 Å². The van der Waals surface area contributed by atoms with E-state index in [4.69, 9.17) is 27.3 Å². The van der Waals surface area contributed by atoms with Crippen molar-refractivity contribution in [1.82, 2.24) is 0 Å². The van der Waals surface area contributed by atoms with Crippen molar-refractivity contribution in [2.45, 2.75) is 11.8 Å². The number of primary amides is 1. The van der Waals surface area contributed by atoms with E-state index in [1.165, 1.54) is 36.4 Å². The zero-order chi connectivity index (χ0) is 18.6. The predicted molar refractivity (Wildman–Crippen MR) is 92.8 cm³/mol. The van der Waals surface area contributed by atoms with E-state index in [0.29, 0.717) is 11.1 Å². The Bertz CT molecular complexity index is 951. The second-order valence-electron chi connectivity index (χ2n) is 5.10. The molecule has 0 spiro atoms. The smallest absolute Gasteiger partial charge is 0.263 e. The lowest BCUT2D eigenvalue weighted by Crippen LogP contribution is -2.20. The molecule has 0 aliphatic rings. The fourth-order valence-electron chi connectivity index (χ4n) is 1.97. The molecule has 0 atom stereocenters. The summed E-state index contributed by atoms with van der Waals surface area (Å²) in [5.41, 5.74) is 6.26. The van der Waals surface area contributed by atoms with E-state index in [-0.39, 0.29) is 28.0 Å². The van der Waals surface area contributed by atoms with Crippen LogP contribution in [-0.4, -0.2) is 20.9 Å². The number of halogens is 1. The Balaban J connectivity index is 2.35. The summed E-state index contributed by atoms with van der Waals surface area (Å²) in [5.74, 6) is -0.502. The van der Waals surface area contributed by atoms with Gasteiger partial charge >= 0.3 is 0 Å². The van der Waals surface area contributed by atoms with Crippen LogP contribution in [-0.2, 0) is 14.8 Å². The highest BCUT2D eigenvalue weighted by Gasteiger charge is 2.21. The van der Waals surface area contributed by atoms with Crippen LogP contribution in [0.3, 0.4) is 0 Å². The van der Waals surface area contributed by atoms with E-state index < -0.39 is 15.9 Å². The number of ether oxygens (including phenoxy) is 1. The fourth-order valence-corrected chi connectivity index (χ4v) is 3.62. The van der Waals surface area contributed by atoms with Gasteiger partial charge in [0.25, 0.3) is 15.9 Å². The number of carbonyl (C=O) groups is 1. The van der Waals surface area contributed by atoms with Crippen LogP contribution in [0.25, 0.3) is 0 Å². The number of carbonyl (C=O) groups excluding carboxylic acids is 1. The molecular formula is C16H14ClN3O4S. The second kappa shape index (κ2) is 7.42. The van der Waals surface area contributed by atoms with E-state index in [1.807, 2.05) is 6.07 Å². The maximum Gasteiger partial charge on any atom is 0.263 e. The Morgan fingerprint density at radius 1 is 1.32 bits per heavy atom. The van der Waals surface area contributed by atoms with Crippen LogP contribution in [0.2, 0.25) is 5.02 Å². The average molecular weight is 380 g/mol. The molecule has 2 aromatic carbocycles. The first-order valence-corrected chi connectivity index (χ1v) is 8.83. The molecule has 3 N–H and O–H groups in total. The van der Waals surface area contributed by atoms with Gasteiger partial charge in [0.2, 0.25) is 0 Å².